The van der Waals surface area contributed by atoms with E-state index in [1.165, 1.54) is 5.56 Å². The van der Waals surface area contributed by atoms with Gasteiger partial charge in [0, 0.05) is 25.6 Å². The van der Waals surface area contributed by atoms with Crippen LogP contribution in [0.1, 0.15) is 37.7 Å². The molecular formula is C17H26N2O2. The van der Waals surface area contributed by atoms with Crippen molar-refractivity contribution in [3.63, 3.8) is 0 Å². The molecular weight excluding hydrogens is 264 g/mol. The Kier molecular flexibility index (Phi) is 6.05. The summed E-state index contributed by atoms with van der Waals surface area (Å²) in [6.45, 7) is 4.18. The van der Waals surface area contributed by atoms with Crippen LogP contribution in [0.4, 0.5) is 0 Å². The van der Waals surface area contributed by atoms with Crippen molar-refractivity contribution < 1.29 is 9.53 Å². The molecule has 1 aliphatic heterocycles. The zero-order chi connectivity index (χ0) is 15.1. The summed E-state index contributed by atoms with van der Waals surface area (Å²) < 4.78 is 5.69. The molecule has 0 aromatic heterocycles. The number of hydrogen-bond acceptors (Lipinski definition) is 3. The van der Waals surface area contributed by atoms with Gasteiger partial charge >= 0.3 is 0 Å². The van der Waals surface area contributed by atoms with E-state index in [4.69, 9.17) is 10.5 Å². The van der Waals surface area contributed by atoms with E-state index in [1.807, 2.05) is 23.1 Å². The fourth-order valence-electron chi connectivity index (χ4n) is 2.83. The maximum absolute atomic E-state index is 12.1. The molecule has 0 saturated carbocycles. The van der Waals surface area contributed by atoms with Crippen molar-refractivity contribution in [2.24, 2.45) is 5.73 Å². The van der Waals surface area contributed by atoms with E-state index >= 15 is 0 Å². The summed E-state index contributed by atoms with van der Waals surface area (Å²) in [4.78, 5) is 14.1. The molecule has 1 fully saturated rings. The predicted molar refractivity (Wildman–Crippen MR) is 84.3 cm³/mol. The van der Waals surface area contributed by atoms with Crippen molar-refractivity contribution in [2.45, 2.75) is 45.1 Å². The van der Waals surface area contributed by atoms with Gasteiger partial charge in [0.15, 0.2) is 0 Å². The molecule has 4 heteroatoms. The fraction of sp³-hybridized carbons (Fsp3) is 0.588. The van der Waals surface area contributed by atoms with Gasteiger partial charge in [-0.25, -0.2) is 0 Å². The predicted octanol–water partition coefficient (Wildman–Crippen LogP) is 2.49. The lowest BCUT2D eigenvalue weighted by atomic mass is 10.2. The number of carbonyl (C=O) groups excluding carboxylic acids is 1. The lowest BCUT2D eigenvalue weighted by Crippen LogP contribution is -2.39. The van der Waals surface area contributed by atoms with Gasteiger partial charge in [0.1, 0.15) is 5.75 Å². The molecule has 116 valence electrons. The molecule has 21 heavy (non-hydrogen) atoms. The highest BCUT2D eigenvalue weighted by molar-refractivity contribution is 5.76. The van der Waals surface area contributed by atoms with Gasteiger partial charge in [-0.15, -0.1) is 0 Å². The molecule has 0 bridgehead atoms. The Morgan fingerprint density at radius 3 is 3.05 bits per heavy atom. The molecule has 0 aliphatic carbocycles. The average Bonchev–Trinajstić information content (AvgIpc) is 2.95. The molecule has 1 aliphatic rings. The summed E-state index contributed by atoms with van der Waals surface area (Å²) >= 11 is 0. The van der Waals surface area contributed by atoms with Crippen LogP contribution in [0.2, 0.25) is 0 Å². The molecule has 1 aromatic rings. The van der Waals surface area contributed by atoms with Crippen LogP contribution in [0.25, 0.3) is 0 Å². The number of benzene rings is 1. The van der Waals surface area contributed by atoms with E-state index in [9.17, 15) is 4.79 Å². The van der Waals surface area contributed by atoms with Gasteiger partial charge < -0.3 is 15.4 Å². The average molecular weight is 290 g/mol. The molecule has 1 unspecified atom stereocenters. The summed E-state index contributed by atoms with van der Waals surface area (Å²) in [6.07, 6.45) is 4.52. The Hall–Kier alpha value is -1.55. The summed E-state index contributed by atoms with van der Waals surface area (Å²) in [7, 11) is 0. The van der Waals surface area contributed by atoms with Gasteiger partial charge in [0.2, 0.25) is 5.91 Å². The normalized spacial score (nSPS) is 18.0. The highest BCUT2D eigenvalue weighted by Gasteiger charge is 2.26. The van der Waals surface area contributed by atoms with Crippen molar-refractivity contribution in [1.82, 2.24) is 4.90 Å². The standard InChI is InChI=1S/C17H26N2O2/c1-14-6-4-8-16(12-14)21-11-3-2-9-17(20)19-10-5-7-15(19)13-18/h4,6,8,12,15H,2-3,5,7,9-11,13,18H2,1H3. The monoisotopic (exact) mass is 290 g/mol. The molecule has 0 spiro atoms. The third-order valence-electron chi connectivity index (χ3n) is 4.01. The first-order chi connectivity index (χ1) is 10.2. The van der Waals surface area contributed by atoms with Crippen LogP contribution in [0.3, 0.4) is 0 Å². The smallest absolute Gasteiger partial charge is 0.222 e. The van der Waals surface area contributed by atoms with Crippen molar-refractivity contribution in [3.8, 4) is 5.75 Å². The summed E-state index contributed by atoms with van der Waals surface area (Å²) in [5, 5.41) is 0. The lowest BCUT2D eigenvalue weighted by Gasteiger charge is -2.23. The summed E-state index contributed by atoms with van der Waals surface area (Å²) in [5.74, 6) is 1.16. The van der Waals surface area contributed by atoms with Crippen LogP contribution >= 0.6 is 0 Å². The Labute approximate surface area is 127 Å². The third-order valence-corrected chi connectivity index (χ3v) is 4.01. The Morgan fingerprint density at radius 2 is 2.29 bits per heavy atom. The third kappa shape index (κ3) is 4.74. The van der Waals surface area contributed by atoms with Crippen molar-refractivity contribution >= 4 is 5.91 Å². The molecule has 0 radical (unpaired) electrons. The van der Waals surface area contributed by atoms with Crippen LogP contribution in [0.5, 0.6) is 5.75 Å². The Morgan fingerprint density at radius 1 is 1.43 bits per heavy atom. The van der Waals surface area contributed by atoms with Gasteiger partial charge in [-0.2, -0.15) is 0 Å². The van der Waals surface area contributed by atoms with E-state index < -0.39 is 0 Å². The van der Waals surface area contributed by atoms with Crippen LogP contribution in [-0.2, 0) is 4.79 Å². The van der Waals surface area contributed by atoms with E-state index in [2.05, 4.69) is 13.0 Å². The van der Waals surface area contributed by atoms with Gasteiger partial charge in [0.25, 0.3) is 0 Å². The first-order valence-corrected chi connectivity index (χ1v) is 7.89. The van der Waals surface area contributed by atoms with Gasteiger partial charge in [-0.1, -0.05) is 12.1 Å². The maximum Gasteiger partial charge on any atom is 0.222 e. The SMILES string of the molecule is Cc1cccc(OCCCCC(=O)N2CCCC2CN)c1. The quantitative estimate of drug-likeness (QED) is 0.785. The zero-order valence-electron chi connectivity index (χ0n) is 12.9. The number of ether oxygens (including phenoxy) is 1. The topological polar surface area (TPSA) is 55.6 Å². The van der Waals surface area contributed by atoms with Gasteiger partial charge in [-0.05, 0) is 50.3 Å². The first kappa shape index (κ1) is 15.8. The van der Waals surface area contributed by atoms with Gasteiger partial charge in [0.05, 0.1) is 6.61 Å². The van der Waals surface area contributed by atoms with E-state index in [-0.39, 0.29) is 11.9 Å². The molecule has 4 nitrogen and oxygen atoms in total. The van der Waals surface area contributed by atoms with E-state index in [1.54, 1.807) is 0 Å². The number of unbranched alkanes of at least 4 members (excludes halogenated alkanes) is 1. The van der Waals surface area contributed by atoms with E-state index in [0.29, 0.717) is 19.6 Å². The minimum atomic E-state index is 0.249. The van der Waals surface area contributed by atoms with Crippen LogP contribution in [0.15, 0.2) is 24.3 Å². The number of amides is 1. The number of nitrogens with zero attached hydrogens (tertiary/aromatic N) is 1. The second-order valence-corrected chi connectivity index (χ2v) is 5.74. The number of aryl methyl sites for hydroxylation is 1. The fourth-order valence-corrected chi connectivity index (χ4v) is 2.83. The molecule has 2 rings (SSSR count). The highest BCUT2D eigenvalue weighted by Crippen LogP contribution is 2.18. The Balaban J connectivity index is 1.62. The lowest BCUT2D eigenvalue weighted by molar-refractivity contribution is -0.132. The summed E-state index contributed by atoms with van der Waals surface area (Å²) in [5.41, 5.74) is 6.90. The number of likely N-dealkylation sites (tertiary alicyclic amines) is 1. The highest BCUT2D eigenvalue weighted by atomic mass is 16.5. The zero-order valence-corrected chi connectivity index (χ0v) is 12.9. The molecule has 1 aromatic carbocycles. The van der Waals surface area contributed by atoms with Crippen molar-refractivity contribution in [2.75, 3.05) is 19.7 Å². The number of nitrogens with two attached hydrogens (primary N) is 1. The molecule has 2 N–H and O–H groups in total. The minimum absolute atomic E-state index is 0.249. The maximum atomic E-state index is 12.1. The molecule has 1 saturated heterocycles. The van der Waals surface area contributed by atoms with E-state index in [0.717, 1.165) is 38.0 Å². The largest absolute Gasteiger partial charge is 0.494 e. The Bertz CT molecular complexity index is 462. The van der Waals surface area contributed by atoms with Crippen LogP contribution < -0.4 is 10.5 Å². The summed E-state index contributed by atoms with van der Waals surface area (Å²) in [6, 6.07) is 8.31. The molecule has 1 atom stereocenters. The second kappa shape index (κ2) is 8.03. The minimum Gasteiger partial charge on any atom is -0.494 e. The van der Waals surface area contributed by atoms with Crippen molar-refractivity contribution in [1.29, 1.82) is 0 Å². The van der Waals surface area contributed by atoms with Crippen molar-refractivity contribution in [3.05, 3.63) is 29.8 Å². The molecule has 1 amide bonds. The van der Waals surface area contributed by atoms with Gasteiger partial charge in [-0.3, -0.25) is 4.79 Å². The number of rotatable bonds is 7. The number of carbonyl (C=O) groups is 1. The second-order valence-electron chi connectivity index (χ2n) is 5.74. The molecule has 1 heterocycles. The number of hydrogen-bond donors (Lipinski definition) is 1. The van der Waals surface area contributed by atoms with Crippen LogP contribution in [-0.4, -0.2) is 36.5 Å². The first-order valence-electron chi connectivity index (χ1n) is 7.89. The van der Waals surface area contributed by atoms with Crippen LogP contribution in [0, 0.1) is 6.92 Å².